The lowest BCUT2D eigenvalue weighted by molar-refractivity contribution is 0.245. The van der Waals surface area contributed by atoms with Crippen LogP contribution in [0.5, 0.6) is 0 Å². The van der Waals surface area contributed by atoms with E-state index in [1.165, 1.54) is 11.6 Å². The summed E-state index contributed by atoms with van der Waals surface area (Å²) in [4.78, 5) is 6.46. The largest absolute Gasteiger partial charge is 0.398 e. The number of likely N-dealkylation sites (tertiary alicyclic amines) is 1. The fourth-order valence-corrected chi connectivity index (χ4v) is 2.91. The van der Waals surface area contributed by atoms with Gasteiger partial charge >= 0.3 is 0 Å². The van der Waals surface area contributed by atoms with Crippen LogP contribution in [-0.4, -0.2) is 16.4 Å². The van der Waals surface area contributed by atoms with E-state index in [2.05, 4.69) is 16.0 Å². The van der Waals surface area contributed by atoms with Crippen LogP contribution in [0.25, 0.3) is 0 Å². The van der Waals surface area contributed by atoms with Gasteiger partial charge in [-0.25, -0.2) is 4.39 Å². The highest BCUT2D eigenvalue weighted by Crippen LogP contribution is 2.33. The van der Waals surface area contributed by atoms with Crippen LogP contribution < -0.4 is 5.73 Å². The Morgan fingerprint density at radius 2 is 2.20 bits per heavy atom. The number of hydrogen-bond acceptors (Lipinski definition) is 3. The molecule has 1 fully saturated rings. The number of pyridine rings is 1. The molecule has 104 valence electrons. The Balaban J connectivity index is 1.83. The Morgan fingerprint density at radius 3 is 2.95 bits per heavy atom. The lowest BCUT2D eigenvalue weighted by atomic mass is 10.1. The first-order chi connectivity index (χ1) is 9.75. The molecule has 4 heteroatoms. The number of aromatic nitrogens is 1. The Morgan fingerprint density at radius 1 is 1.30 bits per heavy atom. The number of rotatable bonds is 3. The Labute approximate surface area is 118 Å². The zero-order valence-electron chi connectivity index (χ0n) is 11.3. The number of halogens is 1. The number of hydrogen-bond donors (Lipinski definition) is 1. The summed E-state index contributed by atoms with van der Waals surface area (Å²) in [5.41, 5.74) is 8.23. The third kappa shape index (κ3) is 2.51. The number of nitrogen functional groups attached to an aromatic ring is 1. The molecule has 2 aromatic rings. The van der Waals surface area contributed by atoms with Crippen molar-refractivity contribution in [3.63, 3.8) is 0 Å². The van der Waals surface area contributed by atoms with E-state index in [1.54, 1.807) is 18.3 Å². The maximum atomic E-state index is 13.9. The molecule has 0 bridgehead atoms. The van der Waals surface area contributed by atoms with Crippen molar-refractivity contribution in [3.05, 3.63) is 59.7 Å². The molecule has 0 amide bonds. The SMILES string of the molecule is Nc1cccc(F)c1CN1CCCC1c1cccnc1. The second-order valence-electron chi connectivity index (χ2n) is 5.22. The average molecular weight is 271 g/mol. The standard InChI is InChI=1S/C16H18FN3/c17-14-5-1-6-15(18)13(14)11-20-9-3-7-16(20)12-4-2-8-19-10-12/h1-2,4-6,8,10,16H,3,7,9,11,18H2. The molecule has 1 saturated heterocycles. The van der Waals surface area contributed by atoms with Crippen molar-refractivity contribution in [2.75, 3.05) is 12.3 Å². The van der Waals surface area contributed by atoms with Gasteiger partial charge in [0.1, 0.15) is 5.82 Å². The van der Waals surface area contributed by atoms with Crippen LogP contribution in [-0.2, 0) is 6.54 Å². The molecule has 0 aliphatic carbocycles. The summed E-state index contributed by atoms with van der Waals surface area (Å²) in [5, 5.41) is 0. The predicted molar refractivity (Wildman–Crippen MR) is 77.4 cm³/mol. The molecular formula is C16H18FN3. The van der Waals surface area contributed by atoms with Crippen molar-refractivity contribution in [3.8, 4) is 0 Å². The molecule has 3 nitrogen and oxygen atoms in total. The van der Waals surface area contributed by atoms with Crippen LogP contribution >= 0.6 is 0 Å². The van der Waals surface area contributed by atoms with E-state index in [0.717, 1.165) is 19.4 Å². The average Bonchev–Trinajstić information content (AvgIpc) is 2.92. The van der Waals surface area contributed by atoms with E-state index in [1.807, 2.05) is 12.3 Å². The summed E-state index contributed by atoms with van der Waals surface area (Å²) in [6, 6.07) is 9.22. The lowest BCUT2D eigenvalue weighted by Crippen LogP contribution is -2.24. The second kappa shape index (κ2) is 5.59. The zero-order valence-corrected chi connectivity index (χ0v) is 11.3. The molecule has 1 unspecified atom stereocenters. The maximum Gasteiger partial charge on any atom is 0.129 e. The highest BCUT2D eigenvalue weighted by Gasteiger charge is 2.27. The maximum absolute atomic E-state index is 13.9. The molecule has 0 spiro atoms. The first kappa shape index (κ1) is 13.1. The predicted octanol–water partition coefficient (Wildman–Crippen LogP) is 3.14. The molecule has 1 aromatic heterocycles. The van der Waals surface area contributed by atoms with Crippen molar-refractivity contribution in [2.24, 2.45) is 0 Å². The van der Waals surface area contributed by atoms with E-state index < -0.39 is 0 Å². The summed E-state index contributed by atoms with van der Waals surface area (Å²) >= 11 is 0. The van der Waals surface area contributed by atoms with Crippen LogP contribution in [0.1, 0.15) is 30.0 Å². The van der Waals surface area contributed by atoms with E-state index in [9.17, 15) is 4.39 Å². The summed E-state index contributed by atoms with van der Waals surface area (Å²) in [6.45, 7) is 1.52. The van der Waals surface area contributed by atoms with Crippen molar-refractivity contribution < 1.29 is 4.39 Å². The molecule has 1 atom stereocenters. The molecule has 1 aliphatic heterocycles. The number of nitrogens with two attached hydrogens (primary N) is 1. The van der Waals surface area contributed by atoms with E-state index in [4.69, 9.17) is 5.73 Å². The minimum Gasteiger partial charge on any atom is -0.398 e. The number of nitrogens with zero attached hydrogens (tertiary/aromatic N) is 2. The highest BCUT2D eigenvalue weighted by molar-refractivity contribution is 5.47. The van der Waals surface area contributed by atoms with E-state index in [0.29, 0.717) is 23.8 Å². The second-order valence-corrected chi connectivity index (χ2v) is 5.22. The fourth-order valence-electron chi connectivity index (χ4n) is 2.91. The fraction of sp³-hybridized carbons (Fsp3) is 0.312. The minimum absolute atomic E-state index is 0.221. The third-order valence-corrected chi connectivity index (χ3v) is 3.95. The normalized spacial score (nSPS) is 19.4. The van der Waals surface area contributed by atoms with Gasteiger partial charge < -0.3 is 5.73 Å². The smallest absolute Gasteiger partial charge is 0.129 e. The summed E-state index contributed by atoms with van der Waals surface area (Å²) < 4.78 is 13.9. The number of anilines is 1. The van der Waals surface area contributed by atoms with Gasteiger partial charge in [0.25, 0.3) is 0 Å². The first-order valence-electron chi connectivity index (χ1n) is 6.92. The van der Waals surface area contributed by atoms with Gasteiger partial charge in [-0.05, 0) is 43.1 Å². The molecule has 1 aromatic carbocycles. The quantitative estimate of drug-likeness (QED) is 0.872. The molecular weight excluding hydrogens is 253 g/mol. The molecule has 1 aliphatic rings. The summed E-state index contributed by atoms with van der Waals surface area (Å²) in [5.74, 6) is -0.221. The van der Waals surface area contributed by atoms with Gasteiger partial charge in [0.05, 0.1) is 0 Å². The zero-order chi connectivity index (χ0) is 13.9. The molecule has 2 N–H and O–H groups in total. The highest BCUT2D eigenvalue weighted by atomic mass is 19.1. The van der Waals surface area contributed by atoms with E-state index >= 15 is 0 Å². The van der Waals surface area contributed by atoms with Crippen LogP contribution in [0.15, 0.2) is 42.7 Å². The minimum atomic E-state index is -0.221. The van der Waals surface area contributed by atoms with E-state index in [-0.39, 0.29) is 5.82 Å². The van der Waals surface area contributed by atoms with Crippen molar-refractivity contribution >= 4 is 5.69 Å². The third-order valence-electron chi connectivity index (χ3n) is 3.95. The Hall–Kier alpha value is -1.94. The lowest BCUT2D eigenvalue weighted by Gasteiger charge is -2.25. The van der Waals surface area contributed by atoms with Gasteiger partial charge in [0.15, 0.2) is 0 Å². The molecule has 0 radical (unpaired) electrons. The monoisotopic (exact) mass is 271 g/mol. The van der Waals surface area contributed by atoms with Gasteiger partial charge in [-0.3, -0.25) is 9.88 Å². The van der Waals surface area contributed by atoms with Gasteiger partial charge in [-0.1, -0.05) is 12.1 Å². The summed E-state index contributed by atoms with van der Waals surface area (Å²) in [7, 11) is 0. The van der Waals surface area contributed by atoms with Crippen LogP contribution in [0.2, 0.25) is 0 Å². The van der Waals surface area contributed by atoms with Crippen molar-refractivity contribution in [1.82, 2.24) is 9.88 Å². The van der Waals surface area contributed by atoms with Crippen LogP contribution in [0.4, 0.5) is 10.1 Å². The van der Waals surface area contributed by atoms with Crippen molar-refractivity contribution in [1.29, 1.82) is 0 Å². The van der Waals surface area contributed by atoms with Crippen molar-refractivity contribution in [2.45, 2.75) is 25.4 Å². The summed E-state index contributed by atoms with van der Waals surface area (Å²) in [6.07, 6.45) is 5.87. The van der Waals surface area contributed by atoms with Gasteiger partial charge in [0, 0.05) is 36.2 Å². The van der Waals surface area contributed by atoms with Gasteiger partial charge in [-0.15, -0.1) is 0 Å². The Bertz CT molecular complexity index is 565. The molecule has 20 heavy (non-hydrogen) atoms. The molecule has 2 heterocycles. The van der Waals surface area contributed by atoms with Crippen LogP contribution in [0, 0.1) is 5.82 Å². The Kier molecular flexibility index (Phi) is 3.65. The van der Waals surface area contributed by atoms with Gasteiger partial charge in [0.2, 0.25) is 0 Å². The topological polar surface area (TPSA) is 42.1 Å². The number of benzene rings is 1. The van der Waals surface area contributed by atoms with Crippen LogP contribution in [0.3, 0.4) is 0 Å². The molecule has 3 rings (SSSR count). The molecule has 0 saturated carbocycles. The first-order valence-corrected chi connectivity index (χ1v) is 6.92. The van der Waals surface area contributed by atoms with Gasteiger partial charge in [-0.2, -0.15) is 0 Å².